The number of aryl methyl sites for hydroxylation is 1. The van der Waals surface area contributed by atoms with Gasteiger partial charge in [-0.2, -0.15) is 5.10 Å². The molecule has 3 amide bonds. The van der Waals surface area contributed by atoms with Crippen LogP contribution in [0, 0.1) is 0 Å². The smallest absolute Gasteiger partial charge is 0.324 e. The highest BCUT2D eigenvalue weighted by Crippen LogP contribution is 2.27. The summed E-state index contributed by atoms with van der Waals surface area (Å²) >= 11 is 12.4. The number of anilines is 2. The summed E-state index contributed by atoms with van der Waals surface area (Å²) in [6.45, 7) is 9.57. The van der Waals surface area contributed by atoms with E-state index in [4.69, 9.17) is 23.2 Å². The number of aromatic nitrogens is 2. The monoisotopic (exact) mass is 542 g/mol. The highest BCUT2D eigenvalue weighted by atomic mass is 35.5. The topological polar surface area (TPSA) is 82.5 Å². The van der Waals surface area contributed by atoms with Crippen molar-refractivity contribution in [1.82, 2.24) is 19.6 Å². The van der Waals surface area contributed by atoms with E-state index in [0.717, 1.165) is 24.3 Å². The van der Waals surface area contributed by atoms with Crippen LogP contribution in [0.3, 0.4) is 0 Å². The lowest BCUT2D eigenvalue weighted by atomic mass is 9.92. The fourth-order valence-corrected chi connectivity index (χ4v) is 4.76. The van der Waals surface area contributed by atoms with E-state index in [9.17, 15) is 9.59 Å². The second-order valence-electron chi connectivity index (χ2n) is 10.2. The number of nitrogens with one attached hydrogen (secondary N) is 2. The van der Waals surface area contributed by atoms with Crippen molar-refractivity contribution >= 4 is 46.6 Å². The Hall–Kier alpha value is -3.07. The third kappa shape index (κ3) is 6.63. The van der Waals surface area contributed by atoms with Gasteiger partial charge < -0.3 is 10.2 Å². The van der Waals surface area contributed by atoms with Crippen molar-refractivity contribution in [3.63, 3.8) is 0 Å². The van der Waals surface area contributed by atoms with Crippen molar-refractivity contribution in [2.75, 3.05) is 36.8 Å². The molecule has 1 aliphatic heterocycles. The minimum absolute atomic E-state index is 0.108. The Bertz CT molecular complexity index is 1270. The number of nitrogens with zero attached hydrogens (tertiary/aromatic N) is 4. The maximum Gasteiger partial charge on any atom is 0.324 e. The number of halogens is 2. The highest BCUT2D eigenvalue weighted by molar-refractivity contribution is 6.39. The van der Waals surface area contributed by atoms with E-state index >= 15 is 0 Å². The molecule has 1 aromatic heterocycles. The van der Waals surface area contributed by atoms with Gasteiger partial charge in [-0.3, -0.25) is 19.7 Å². The summed E-state index contributed by atoms with van der Waals surface area (Å²) in [5.41, 5.74) is 2.93. The summed E-state index contributed by atoms with van der Waals surface area (Å²) in [5.74, 6) is 0.486. The van der Waals surface area contributed by atoms with Gasteiger partial charge in [0.05, 0.1) is 21.3 Å². The molecule has 10 heteroatoms. The Morgan fingerprint density at radius 2 is 1.59 bits per heavy atom. The minimum atomic E-state index is -0.328. The van der Waals surface area contributed by atoms with Crippen LogP contribution < -0.4 is 10.6 Å². The van der Waals surface area contributed by atoms with E-state index in [1.165, 1.54) is 0 Å². The van der Waals surface area contributed by atoms with E-state index in [-0.39, 0.29) is 17.4 Å². The lowest BCUT2D eigenvalue weighted by Gasteiger charge is -2.35. The molecule has 0 atom stereocenters. The first kappa shape index (κ1) is 27.0. The predicted molar refractivity (Wildman–Crippen MR) is 149 cm³/mol. The Labute approximate surface area is 227 Å². The van der Waals surface area contributed by atoms with Gasteiger partial charge in [-0.1, -0.05) is 62.2 Å². The molecular weight excluding hydrogens is 511 g/mol. The number of piperazine rings is 1. The number of carbonyl (C=O) groups excluding carboxylic acids is 2. The van der Waals surface area contributed by atoms with Crippen LogP contribution in [-0.4, -0.2) is 57.7 Å². The van der Waals surface area contributed by atoms with Gasteiger partial charge in [0.15, 0.2) is 0 Å². The molecule has 4 rings (SSSR count). The van der Waals surface area contributed by atoms with Gasteiger partial charge >= 0.3 is 6.03 Å². The number of amides is 3. The summed E-state index contributed by atoms with van der Waals surface area (Å²) in [6, 6.07) is 14.4. The van der Waals surface area contributed by atoms with E-state index in [2.05, 4.69) is 41.4 Å². The molecule has 2 heterocycles. The van der Waals surface area contributed by atoms with Crippen molar-refractivity contribution in [2.24, 2.45) is 7.05 Å². The Kier molecular flexibility index (Phi) is 8.11. The van der Waals surface area contributed by atoms with Crippen LogP contribution in [-0.2, 0) is 19.0 Å². The molecule has 196 valence electrons. The largest absolute Gasteiger partial charge is 0.336 e. The maximum atomic E-state index is 12.9. The summed E-state index contributed by atoms with van der Waals surface area (Å²) in [6.07, 6.45) is 0. The summed E-state index contributed by atoms with van der Waals surface area (Å²) in [7, 11) is 1.81. The van der Waals surface area contributed by atoms with E-state index in [1.807, 2.05) is 37.4 Å². The van der Waals surface area contributed by atoms with E-state index < -0.39 is 0 Å². The molecule has 2 aromatic carbocycles. The van der Waals surface area contributed by atoms with Gasteiger partial charge in [-0.05, 0) is 29.8 Å². The maximum absolute atomic E-state index is 12.9. The first-order valence-corrected chi connectivity index (χ1v) is 12.9. The van der Waals surface area contributed by atoms with Crippen LogP contribution in [0.15, 0.2) is 48.5 Å². The molecule has 1 saturated heterocycles. The average molecular weight is 543 g/mol. The third-order valence-corrected chi connectivity index (χ3v) is 6.95. The molecule has 0 spiro atoms. The predicted octanol–water partition coefficient (Wildman–Crippen LogP) is 5.63. The Balaban J connectivity index is 1.31. The molecule has 2 N–H and O–H groups in total. The lowest BCUT2D eigenvalue weighted by Crippen LogP contribution is -2.48. The number of rotatable bonds is 5. The molecule has 1 fully saturated rings. The second kappa shape index (κ2) is 11.1. The molecule has 8 nitrogen and oxygen atoms in total. The molecule has 0 aliphatic carbocycles. The second-order valence-corrected chi connectivity index (χ2v) is 11.0. The number of hydrogen-bond acceptors (Lipinski definition) is 4. The van der Waals surface area contributed by atoms with Gasteiger partial charge in [0, 0.05) is 56.9 Å². The van der Waals surface area contributed by atoms with Gasteiger partial charge in [0.1, 0.15) is 5.82 Å². The van der Waals surface area contributed by atoms with Crippen LogP contribution >= 0.6 is 23.2 Å². The fraction of sp³-hybridized carbons (Fsp3) is 0.370. The first-order valence-electron chi connectivity index (χ1n) is 12.2. The highest BCUT2D eigenvalue weighted by Gasteiger charge is 2.25. The Morgan fingerprint density at radius 3 is 2.22 bits per heavy atom. The van der Waals surface area contributed by atoms with Crippen molar-refractivity contribution in [3.05, 3.63) is 75.4 Å². The number of carbonyl (C=O) groups is 2. The van der Waals surface area contributed by atoms with Crippen LogP contribution in [0.5, 0.6) is 0 Å². The molecule has 0 radical (unpaired) electrons. The summed E-state index contributed by atoms with van der Waals surface area (Å²) in [5, 5.41) is 11.0. The van der Waals surface area contributed by atoms with Crippen LogP contribution in [0.1, 0.15) is 42.4 Å². The average Bonchev–Trinajstić information content (AvgIpc) is 3.20. The van der Waals surface area contributed by atoms with Crippen molar-refractivity contribution in [1.29, 1.82) is 0 Å². The first-order chi connectivity index (χ1) is 17.5. The Morgan fingerprint density at radius 1 is 0.946 bits per heavy atom. The summed E-state index contributed by atoms with van der Waals surface area (Å²) < 4.78 is 1.67. The molecule has 1 aliphatic rings. The summed E-state index contributed by atoms with van der Waals surface area (Å²) in [4.78, 5) is 29.6. The van der Waals surface area contributed by atoms with Gasteiger partial charge in [0.2, 0.25) is 0 Å². The quantitative estimate of drug-likeness (QED) is 0.437. The van der Waals surface area contributed by atoms with Crippen LogP contribution in [0.4, 0.5) is 16.3 Å². The zero-order valence-electron chi connectivity index (χ0n) is 21.5. The van der Waals surface area contributed by atoms with Gasteiger partial charge in [-0.15, -0.1) is 0 Å². The molecular formula is C27H32Cl2N6O2. The van der Waals surface area contributed by atoms with E-state index in [1.54, 1.807) is 27.8 Å². The normalized spacial score (nSPS) is 14.5. The van der Waals surface area contributed by atoms with Crippen LogP contribution in [0.25, 0.3) is 0 Å². The molecule has 0 unspecified atom stereocenters. The van der Waals surface area contributed by atoms with Crippen molar-refractivity contribution < 1.29 is 9.59 Å². The standard InChI is InChI=1S/C27H32Cl2N6O2/c1-27(2,3)22-16-23(33(4)32-22)31-26(37)30-19-8-5-7-18(15-19)17-34-11-13-35(14-12-34)25(36)24-20(28)9-6-10-21(24)29/h5-10,15-16H,11-14,17H2,1-4H3,(H2,30,31,37). The molecule has 0 saturated carbocycles. The number of benzene rings is 2. The van der Waals surface area contributed by atoms with Crippen LogP contribution in [0.2, 0.25) is 10.0 Å². The molecule has 0 bridgehead atoms. The molecule has 37 heavy (non-hydrogen) atoms. The zero-order chi connectivity index (χ0) is 26.7. The van der Waals surface area contributed by atoms with E-state index in [0.29, 0.717) is 46.7 Å². The lowest BCUT2D eigenvalue weighted by molar-refractivity contribution is 0.0629. The SMILES string of the molecule is Cn1nc(C(C)(C)C)cc1NC(=O)Nc1cccc(CN2CCN(C(=O)c3c(Cl)cccc3Cl)CC2)c1. The minimum Gasteiger partial charge on any atom is -0.336 e. The van der Waals surface area contributed by atoms with Gasteiger partial charge in [0.25, 0.3) is 5.91 Å². The molecule has 3 aromatic rings. The van der Waals surface area contributed by atoms with Crippen molar-refractivity contribution in [3.8, 4) is 0 Å². The fourth-order valence-electron chi connectivity index (χ4n) is 4.20. The van der Waals surface area contributed by atoms with Crippen molar-refractivity contribution in [2.45, 2.75) is 32.7 Å². The zero-order valence-corrected chi connectivity index (χ0v) is 23.0. The number of hydrogen-bond donors (Lipinski definition) is 2. The third-order valence-electron chi connectivity index (χ3n) is 6.32. The van der Waals surface area contributed by atoms with Gasteiger partial charge in [-0.25, -0.2) is 4.79 Å². The number of urea groups is 1.